The zero-order chi connectivity index (χ0) is 14.8. The molecule has 2 N–H and O–H groups in total. The number of aromatic amines is 1. The first kappa shape index (κ1) is 13.8. The molecule has 1 aromatic heterocycles. The van der Waals surface area contributed by atoms with E-state index in [0.29, 0.717) is 12.3 Å². The molecule has 1 aliphatic rings. The minimum absolute atomic E-state index is 0.00528. The molecular weight excluding hydrogens is 294 g/mol. The maximum absolute atomic E-state index is 11.4. The summed E-state index contributed by atoms with van der Waals surface area (Å²) in [6.45, 7) is 0.455. The Morgan fingerprint density at radius 2 is 2.38 bits per heavy atom. The summed E-state index contributed by atoms with van der Waals surface area (Å²) in [7, 11) is 1.62. The molecule has 1 aliphatic heterocycles. The Balaban J connectivity index is 1.81. The third-order valence-electron chi connectivity index (χ3n) is 3.33. The van der Waals surface area contributed by atoms with Crippen molar-refractivity contribution < 1.29 is 9.47 Å². The number of anilines is 1. The third kappa shape index (κ3) is 2.67. The molecule has 0 saturated carbocycles. The first-order valence-electron chi connectivity index (χ1n) is 6.47. The molecule has 0 unspecified atom stereocenters. The van der Waals surface area contributed by atoms with Crippen LogP contribution in [-0.2, 0) is 6.42 Å². The van der Waals surface area contributed by atoms with Gasteiger partial charge in [-0.15, -0.1) is 0 Å². The normalized spacial score (nSPS) is 16.8. The number of para-hydroxylation sites is 1. The summed E-state index contributed by atoms with van der Waals surface area (Å²) in [6, 6.07) is 5.78. The van der Waals surface area contributed by atoms with Crippen LogP contribution in [0.3, 0.4) is 0 Å². The molecule has 6 nitrogen and oxygen atoms in total. The van der Waals surface area contributed by atoms with Crippen molar-refractivity contribution in [3.8, 4) is 11.5 Å². The molecule has 21 heavy (non-hydrogen) atoms. The third-order valence-corrected chi connectivity index (χ3v) is 3.71. The van der Waals surface area contributed by atoms with Crippen LogP contribution in [-0.4, -0.2) is 30.0 Å². The van der Waals surface area contributed by atoms with Gasteiger partial charge in [0.15, 0.2) is 11.5 Å². The minimum atomic E-state index is -0.416. The zero-order valence-electron chi connectivity index (χ0n) is 11.4. The van der Waals surface area contributed by atoms with Gasteiger partial charge in [0.05, 0.1) is 25.0 Å². The van der Waals surface area contributed by atoms with Gasteiger partial charge in [-0.1, -0.05) is 23.7 Å². The fraction of sp³-hybridized carbons (Fsp3) is 0.286. The molecule has 0 spiro atoms. The zero-order valence-corrected chi connectivity index (χ0v) is 12.1. The molecular formula is C14H14ClN3O3. The lowest BCUT2D eigenvalue weighted by atomic mass is 10.0. The molecule has 0 amide bonds. The molecule has 7 heteroatoms. The van der Waals surface area contributed by atoms with Crippen molar-refractivity contribution in [1.29, 1.82) is 0 Å². The van der Waals surface area contributed by atoms with Crippen LogP contribution in [0.4, 0.5) is 5.69 Å². The number of nitrogens with one attached hydrogen (secondary N) is 2. The second-order valence-electron chi connectivity index (χ2n) is 4.73. The van der Waals surface area contributed by atoms with Gasteiger partial charge in [0.1, 0.15) is 11.6 Å². The van der Waals surface area contributed by atoms with Gasteiger partial charge in [-0.3, -0.25) is 4.79 Å². The van der Waals surface area contributed by atoms with Gasteiger partial charge in [-0.2, -0.15) is 5.10 Å². The van der Waals surface area contributed by atoms with Gasteiger partial charge >= 0.3 is 0 Å². The highest BCUT2D eigenvalue weighted by Crippen LogP contribution is 2.35. The number of nitrogens with zero attached hydrogens (tertiary/aromatic N) is 1. The van der Waals surface area contributed by atoms with Crippen molar-refractivity contribution in [1.82, 2.24) is 10.2 Å². The van der Waals surface area contributed by atoms with E-state index in [-0.39, 0.29) is 11.1 Å². The molecule has 2 heterocycles. The molecule has 0 saturated heterocycles. The van der Waals surface area contributed by atoms with Crippen molar-refractivity contribution in [3.05, 3.63) is 45.3 Å². The Bertz CT molecular complexity index is 717. The summed E-state index contributed by atoms with van der Waals surface area (Å²) in [5.41, 5.74) is 1.13. The first-order valence-corrected chi connectivity index (χ1v) is 6.85. The summed E-state index contributed by atoms with van der Waals surface area (Å²) < 4.78 is 11.0. The smallest absolute Gasteiger partial charge is 0.285 e. The Morgan fingerprint density at radius 1 is 1.52 bits per heavy atom. The SMILES string of the molecule is COc1cccc2c1OC[C@H](Nc1cn[nH]c(=O)c1Cl)C2. The summed E-state index contributed by atoms with van der Waals surface area (Å²) in [6.07, 6.45) is 2.24. The quantitative estimate of drug-likeness (QED) is 0.905. The topological polar surface area (TPSA) is 76.2 Å². The molecule has 0 fully saturated rings. The van der Waals surface area contributed by atoms with Crippen LogP contribution in [0.1, 0.15) is 5.56 Å². The number of halogens is 1. The van der Waals surface area contributed by atoms with Crippen molar-refractivity contribution in [2.75, 3.05) is 19.0 Å². The molecule has 1 atom stereocenters. The number of hydrogen-bond acceptors (Lipinski definition) is 5. The average molecular weight is 308 g/mol. The predicted octanol–water partition coefficient (Wildman–Crippen LogP) is 1.85. The van der Waals surface area contributed by atoms with Crippen LogP contribution in [0.5, 0.6) is 11.5 Å². The number of aromatic nitrogens is 2. The van der Waals surface area contributed by atoms with E-state index < -0.39 is 5.56 Å². The number of methoxy groups -OCH3 is 1. The number of ether oxygens (including phenoxy) is 2. The Kier molecular flexibility index (Phi) is 3.70. The monoisotopic (exact) mass is 307 g/mol. The van der Waals surface area contributed by atoms with Gasteiger partial charge in [-0.05, 0) is 12.5 Å². The Morgan fingerprint density at radius 3 is 3.19 bits per heavy atom. The highest BCUT2D eigenvalue weighted by molar-refractivity contribution is 6.32. The first-order chi connectivity index (χ1) is 10.2. The van der Waals surface area contributed by atoms with Crippen LogP contribution >= 0.6 is 11.6 Å². The second kappa shape index (κ2) is 5.65. The largest absolute Gasteiger partial charge is 0.493 e. The molecule has 0 radical (unpaired) electrons. The maximum Gasteiger partial charge on any atom is 0.285 e. The Labute approximate surface area is 126 Å². The van der Waals surface area contributed by atoms with E-state index in [1.54, 1.807) is 7.11 Å². The molecule has 1 aromatic carbocycles. The summed E-state index contributed by atoms with van der Waals surface area (Å²) >= 11 is 5.95. The lowest BCUT2D eigenvalue weighted by molar-refractivity contribution is 0.256. The lowest BCUT2D eigenvalue weighted by Gasteiger charge is -2.27. The molecule has 110 valence electrons. The van der Waals surface area contributed by atoms with Crippen LogP contribution in [0.15, 0.2) is 29.2 Å². The fourth-order valence-corrected chi connectivity index (χ4v) is 2.50. The number of fused-ring (bicyclic) bond motifs is 1. The van der Waals surface area contributed by atoms with Gasteiger partial charge < -0.3 is 14.8 Å². The number of H-pyrrole nitrogens is 1. The predicted molar refractivity (Wildman–Crippen MR) is 79.5 cm³/mol. The number of benzene rings is 1. The van der Waals surface area contributed by atoms with E-state index in [1.165, 1.54) is 6.20 Å². The van der Waals surface area contributed by atoms with E-state index in [9.17, 15) is 4.79 Å². The van der Waals surface area contributed by atoms with E-state index >= 15 is 0 Å². The van der Waals surface area contributed by atoms with E-state index in [1.807, 2.05) is 18.2 Å². The molecule has 2 aromatic rings. The van der Waals surface area contributed by atoms with E-state index in [4.69, 9.17) is 21.1 Å². The van der Waals surface area contributed by atoms with Crippen molar-refractivity contribution in [3.63, 3.8) is 0 Å². The lowest BCUT2D eigenvalue weighted by Crippen LogP contribution is -2.33. The maximum atomic E-state index is 11.4. The van der Waals surface area contributed by atoms with Crippen LogP contribution < -0.4 is 20.3 Å². The number of hydrogen-bond donors (Lipinski definition) is 2. The standard InChI is InChI=1S/C14H14ClN3O3/c1-20-11-4-2-3-8-5-9(7-21-13(8)11)17-10-6-16-18-14(19)12(10)15/h2-4,6,9H,5,7H2,1H3,(H2,17,18,19)/t9-/m1/s1. The van der Waals surface area contributed by atoms with Gasteiger partial charge in [0.25, 0.3) is 5.56 Å². The fourth-order valence-electron chi connectivity index (χ4n) is 2.35. The molecule has 3 rings (SSSR count). The van der Waals surface area contributed by atoms with E-state index in [0.717, 1.165) is 23.5 Å². The van der Waals surface area contributed by atoms with Crippen molar-refractivity contribution in [2.24, 2.45) is 0 Å². The highest BCUT2D eigenvalue weighted by atomic mass is 35.5. The average Bonchev–Trinajstić information content (AvgIpc) is 2.51. The summed E-state index contributed by atoms with van der Waals surface area (Å²) in [4.78, 5) is 11.4. The summed E-state index contributed by atoms with van der Waals surface area (Å²) in [5, 5.41) is 9.31. The van der Waals surface area contributed by atoms with Crippen molar-refractivity contribution in [2.45, 2.75) is 12.5 Å². The minimum Gasteiger partial charge on any atom is -0.493 e. The van der Waals surface area contributed by atoms with Crippen LogP contribution in [0.2, 0.25) is 5.02 Å². The Hall–Kier alpha value is -2.21. The van der Waals surface area contributed by atoms with Crippen molar-refractivity contribution >= 4 is 17.3 Å². The molecule has 0 bridgehead atoms. The van der Waals surface area contributed by atoms with Gasteiger partial charge in [0.2, 0.25) is 0 Å². The van der Waals surface area contributed by atoms with Gasteiger partial charge in [0, 0.05) is 5.56 Å². The number of rotatable bonds is 3. The van der Waals surface area contributed by atoms with E-state index in [2.05, 4.69) is 15.5 Å². The second-order valence-corrected chi connectivity index (χ2v) is 5.11. The van der Waals surface area contributed by atoms with Crippen LogP contribution in [0, 0.1) is 0 Å². The van der Waals surface area contributed by atoms with Crippen LogP contribution in [0.25, 0.3) is 0 Å². The highest BCUT2D eigenvalue weighted by Gasteiger charge is 2.23. The van der Waals surface area contributed by atoms with Gasteiger partial charge in [-0.25, -0.2) is 5.10 Å². The summed E-state index contributed by atoms with van der Waals surface area (Å²) in [5.74, 6) is 1.50. The molecule has 0 aliphatic carbocycles.